The van der Waals surface area contributed by atoms with Crippen LogP contribution in [-0.2, 0) is 0 Å². The minimum absolute atomic E-state index is 0.0704. The molecule has 0 saturated carbocycles. The van der Waals surface area contributed by atoms with E-state index in [0.717, 1.165) is 12.1 Å². The highest BCUT2D eigenvalue weighted by atomic mass is 79.9. The molecule has 16 heavy (non-hydrogen) atoms. The van der Waals surface area contributed by atoms with E-state index in [-0.39, 0.29) is 15.8 Å². The van der Waals surface area contributed by atoms with Crippen LogP contribution < -0.4 is 0 Å². The quantitative estimate of drug-likeness (QED) is 0.791. The molecule has 0 radical (unpaired) electrons. The van der Waals surface area contributed by atoms with Gasteiger partial charge in [-0.15, -0.1) is 0 Å². The molecule has 1 heterocycles. The molecule has 0 fully saturated rings. The fourth-order valence-electron chi connectivity index (χ4n) is 1.25. The molecule has 2 rings (SSSR count). The van der Waals surface area contributed by atoms with Gasteiger partial charge in [-0.1, -0.05) is 0 Å². The number of benzene rings is 1. The van der Waals surface area contributed by atoms with Gasteiger partial charge in [0.2, 0.25) is 0 Å². The first-order valence-electron chi connectivity index (χ1n) is 4.32. The van der Waals surface area contributed by atoms with Gasteiger partial charge < -0.3 is 4.42 Å². The van der Waals surface area contributed by atoms with Crippen LogP contribution in [0.2, 0.25) is 0 Å². The van der Waals surface area contributed by atoms with Crippen molar-refractivity contribution in [2.24, 2.45) is 0 Å². The lowest BCUT2D eigenvalue weighted by molar-refractivity contribution is 0.103. The highest BCUT2D eigenvalue weighted by Crippen LogP contribution is 2.21. The summed E-state index contributed by atoms with van der Waals surface area (Å²) in [5, 5.41) is 0. The molecule has 1 aromatic carbocycles. The van der Waals surface area contributed by atoms with E-state index < -0.39 is 17.4 Å². The van der Waals surface area contributed by atoms with E-state index in [1.165, 1.54) is 18.4 Å². The van der Waals surface area contributed by atoms with Gasteiger partial charge in [0, 0.05) is 5.56 Å². The van der Waals surface area contributed by atoms with Crippen LogP contribution >= 0.6 is 15.9 Å². The Morgan fingerprint density at radius 2 is 1.94 bits per heavy atom. The number of hydrogen-bond donors (Lipinski definition) is 0. The first kappa shape index (κ1) is 11.0. The minimum atomic E-state index is -1.05. The van der Waals surface area contributed by atoms with Crippen molar-refractivity contribution in [3.8, 4) is 0 Å². The van der Waals surface area contributed by atoms with Crippen molar-refractivity contribution >= 4 is 21.7 Å². The second-order valence-corrected chi connectivity index (χ2v) is 3.79. The van der Waals surface area contributed by atoms with E-state index in [1.807, 2.05) is 0 Å². The van der Waals surface area contributed by atoms with E-state index in [1.54, 1.807) is 0 Å². The zero-order valence-electron chi connectivity index (χ0n) is 7.84. The highest BCUT2D eigenvalue weighted by molar-refractivity contribution is 9.10. The Bertz CT molecular complexity index is 549. The van der Waals surface area contributed by atoms with Crippen LogP contribution in [0.5, 0.6) is 0 Å². The lowest BCUT2D eigenvalue weighted by Crippen LogP contribution is -2.01. The Hall–Kier alpha value is -1.49. The highest BCUT2D eigenvalue weighted by Gasteiger charge is 2.16. The van der Waals surface area contributed by atoms with Crippen LogP contribution in [0.25, 0.3) is 0 Å². The van der Waals surface area contributed by atoms with Gasteiger partial charge in [-0.3, -0.25) is 4.79 Å². The SMILES string of the molecule is O=C(c1ccc(F)c(F)c1)c1ccoc1Br. The van der Waals surface area contributed by atoms with Crippen LogP contribution in [0.15, 0.2) is 39.6 Å². The van der Waals surface area contributed by atoms with Gasteiger partial charge in [0.25, 0.3) is 0 Å². The van der Waals surface area contributed by atoms with Gasteiger partial charge in [-0.05, 0) is 40.2 Å². The summed E-state index contributed by atoms with van der Waals surface area (Å²) >= 11 is 3.04. The van der Waals surface area contributed by atoms with Crippen molar-refractivity contribution < 1.29 is 18.0 Å². The lowest BCUT2D eigenvalue weighted by atomic mass is 10.1. The maximum Gasteiger partial charge on any atom is 0.197 e. The normalized spacial score (nSPS) is 10.4. The van der Waals surface area contributed by atoms with Gasteiger partial charge >= 0.3 is 0 Å². The molecular formula is C11H5BrF2O2. The van der Waals surface area contributed by atoms with Crippen LogP contribution in [-0.4, -0.2) is 5.78 Å². The van der Waals surface area contributed by atoms with Crippen LogP contribution in [0.1, 0.15) is 15.9 Å². The van der Waals surface area contributed by atoms with E-state index in [4.69, 9.17) is 4.42 Å². The van der Waals surface area contributed by atoms with Crippen molar-refractivity contribution in [2.45, 2.75) is 0 Å². The largest absolute Gasteiger partial charge is 0.457 e. The predicted octanol–water partition coefficient (Wildman–Crippen LogP) is 3.55. The zero-order valence-corrected chi connectivity index (χ0v) is 9.42. The van der Waals surface area contributed by atoms with Crippen LogP contribution in [0.3, 0.4) is 0 Å². The summed E-state index contributed by atoms with van der Waals surface area (Å²) in [5.41, 5.74) is 0.340. The summed E-state index contributed by atoms with van der Waals surface area (Å²) < 4.78 is 30.7. The van der Waals surface area contributed by atoms with Gasteiger partial charge in [-0.2, -0.15) is 0 Å². The predicted molar refractivity (Wildman–Crippen MR) is 56.2 cm³/mol. The summed E-state index contributed by atoms with van der Waals surface area (Å²) in [6, 6.07) is 4.45. The third kappa shape index (κ3) is 1.90. The molecule has 0 spiro atoms. The Morgan fingerprint density at radius 3 is 2.50 bits per heavy atom. The molecule has 0 aliphatic carbocycles. The molecular weight excluding hydrogens is 282 g/mol. The smallest absolute Gasteiger partial charge is 0.197 e. The number of ketones is 1. The zero-order chi connectivity index (χ0) is 11.7. The molecule has 2 aromatic rings. The maximum absolute atomic E-state index is 12.9. The number of rotatable bonds is 2. The van der Waals surface area contributed by atoms with Gasteiger partial charge in [0.05, 0.1) is 11.8 Å². The fraction of sp³-hybridized carbons (Fsp3) is 0. The van der Waals surface area contributed by atoms with Crippen molar-refractivity contribution in [3.05, 3.63) is 58.0 Å². The average Bonchev–Trinajstić information content (AvgIpc) is 2.67. The summed E-state index contributed by atoms with van der Waals surface area (Å²) in [4.78, 5) is 11.8. The second-order valence-electron chi connectivity index (χ2n) is 3.07. The molecule has 0 bridgehead atoms. The Kier molecular flexibility index (Phi) is 2.87. The molecule has 0 aliphatic rings. The first-order chi connectivity index (χ1) is 7.59. The first-order valence-corrected chi connectivity index (χ1v) is 5.11. The van der Waals surface area contributed by atoms with Crippen molar-refractivity contribution in [2.75, 3.05) is 0 Å². The minimum Gasteiger partial charge on any atom is -0.457 e. The van der Waals surface area contributed by atoms with Gasteiger partial charge in [-0.25, -0.2) is 8.78 Å². The molecule has 5 heteroatoms. The van der Waals surface area contributed by atoms with Crippen molar-refractivity contribution in [1.82, 2.24) is 0 Å². The molecule has 0 unspecified atom stereocenters. The molecule has 0 atom stereocenters. The van der Waals surface area contributed by atoms with E-state index in [0.29, 0.717) is 0 Å². The molecule has 2 nitrogen and oxygen atoms in total. The molecule has 0 saturated heterocycles. The molecule has 0 N–H and O–H groups in total. The second kappa shape index (κ2) is 4.17. The molecule has 82 valence electrons. The van der Waals surface area contributed by atoms with Gasteiger partial charge in [0.15, 0.2) is 22.1 Å². The Balaban J connectivity index is 2.42. The summed E-state index contributed by atoms with van der Waals surface area (Å²) in [6.45, 7) is 0. The van der Waals surface area contributed by atoms with Crippen LogP contribution in [0.4, 0.5) is 8.78 Å². The van der Waals surface area contributed by atoms with Crippen molar-refractivity contribution in [1.29, 1.82) is 0 Å². The van der Waals surface area contributed by atoms with Crippen molar-refractivity contribution in [3.63, 3.8) is 0 Å². The van der Waals surface area contributed by atoms with E-state index in [9.17, 15) is 13.6 Å². The lowest BCUT2D eigenvalue weighted by Gasteiger charge is -1.99. The van der Waals surface area contributed by atoms with Gasteiger partial charge in [0.1, 0.15) is 0 Å². The average molecular weight is 287 g/mol. The molecule has 1 aromatic heterocycles. The third-order valence-electron chi connectivity index (χ3n) is 2.04. The fourth-order valence-corrected chi connectivity index (χ4v) is 1.67. The number of furan rings is 1. The summed E-state index contributed by atoms with van der Waals surface area (Å²) in [5.74, 6) is -2.46. The van der Waals surface area contributed by atoms with Crippen LogP contribution in [0, 0.1) is 11.6 Å². The number of carbonyl (C=O) groups is 1. The topological polar surface area (TPSA) is 30.2 Å². The standard InChI is InChI=1S/C11H5BrF2O2/c12-11-7(3-4-16-11)10(15)6-1-2-8(13)9(14)5-6/h1-5H. The summed E-state index contributed by atoms with van der Waals surface area (Å²) in [7, 11) is 0. The monoisotopic (exact) mass is 286 g/mol. The number of carbonyl (C=O) groups excluding carboxylic acids is 1. The Labute approximate surface area is 98.0 Å². The summed E-state index contributed by atoms with van der Waals surface area (Å²) in [6.07, 6.45) is 1.33. The number of hydrogen-bond acceptors (Lipinski definition) is 2. The Morgan fingerprint density at radius 1 is 1.19 bits per heavy atom. The number of halogens is 3. The van der Waals surface area contributed by atoms with E-state index >= 15 is 0 Å². The third-order valence-corrected chi connectivity index (χ3v) is 2.66. The molecule has 0 amide bonds. The maximum atomic E-state index is 12.9. The van der Waals surface area contributed by atoms with E-state index in [2.05, 4.69) is 15.9 Å². The molecule has 0 aliphatic heterocycles.